The van der Waals surface area contributed by atoms with Crippen molar-refractivity contribution in [2.24, 2.45) is 0 Å². The number of hydrogen-bond donors (Lipinski definition) is 3. The summed E-state index contributed by atoms with van der Waals surface area (Å²) in [6.07, 6.45) is 0.911. The molecular formula is C27H25ClN2O5. The number of carbonyl (C=O) groups is 3. The Kier molecular flexibility index (Phi) is 7.67. The molecule has 0 fully saturated rings. The lowest BCUT2D eigenvalue weighted by atomic mass is 9.98. The van der Waals surface area contributed by atoms with Crippen LogP contribution in [0.1, 0.15) is 46.7 Å². The van der Waals surface area contributed by atoms with Gasteiger partial charge in [-0.15, -0.1) is 0 Å². The third-order valence-corrected chi connectivity index (χ3v) is 6.25. The number of amides is 2. The molecule has 7 nitrogen and oxygen atoms in total. The lowest BCUT2D eigenvalue weighted by Crippen LogP contribution is -2.27. The number of hydrogen-bond acceptors (Lipinski definition) is 4. The van der Waals surface area contributed by atoms with Crippen LogP contribution in [0.2, 0.25) is 5.02 Å². The average Bonchev–Trinajstić information content (AvgIpc) is 3.17. The lowest BCUT2D eigenvalue weighted by Gasteiger charge is -2.14. The number of rotatable bonds is 9. The van der Waals surface area contributed by atoms with E-state index in [1.54, 1.807) is 0 Å². The molecule has 3 aromatic rings. The zero-order valence-electron chi connectivity index (χ0n) is 18.9. The standard InChI is InChI=1S/C27H25ClN2O5/c28-23-15-17(26(32)33)12-13-24(23)30-25(31)11-5-6-14-29-27(34)35-16-22-20-9-3-1-7-18(20)19-8-2-4-10-21(19)22/h1-4,7-10,12-13,15,22H,5-6,11,14,16H2,(H,29,34)(H,30,31)(H,32,33). The van der Waals surface area contributed by atoms with Crippen LogP contribution in [-0.4, -0.2) is 36.2 Å². The second kappa shape index (κ2) is 11.1. The predicted molar refractivity (Wildman–Crippen MR) is 134 cm³/mol. The monoisotopic (exact) mass is 492 g/mol. The molecule has 0 spiro atoms. The molecule has 180 valence electrons. The van der Waals surface area contributed by atoms with Gasteiger partial charge in [-0.05, 0) is 53.3 Å². The smallest absolute Gasteiger partial charge is 0.407 e. The molecular weight excluding hydrogens is 468 g/mol. The Bertz CT molecular complexity index is 1210. The van der Waals surface area contributed by atoms with Crippen LogP contribution in [0.4, 0.5) is 10.5 Å². The molecule has 1 aliphatic rings. The first kappa shape index (κ1) is 24.3. The molecule has 0 aromatic heterocycles. The van der Waals surface area contributed by atoms with Crippen molar-refractivity contribution >= 4 is 35.3 Å². The van der Waals surface area contributed by atoms with Crippen molar-refractivity contribution < 1.29 is 24.2 Å². The molecule has 3 aromatic carbocycles. The van der Waals surface area contributed by atoms with E-state index in [2.05, 4.69) is 34.9 Å². The van der Waals surface area contributed by atoms with E-state index in [4.69, 9.17) is 21.4 Å². The van der Waals surface area contributed by atoms with Crippen LogP contribution >= 0.6 is 11.6 Å². The Morgan fingerprint density at radius 3 is 2.20 bits per heavy atom. The number of ether oxygens (including phenoxy) is 1. The van der Waals surface area contributed by atoms with E-state index in [1.807, 2.05) is 24.3 Å². The Labute approximate surface area is 208 Å². The second-order valence-electron chi connectivity index (χ2n) is 8.26. The minimum atomic E-state index is -1.09. The van der Waals surface area contributed by atoms with Gasteiger partial charge in [0, 0.05) is 18.9 Å². The van der Waals surface area contributed by atoms with Crippen LogP contribution in [0.25, 0.3) is 11.1 Å². The van der Waals surface area contributed by atoms with Crippen molar-refractivity contribution in [1.82, 2.24) is 5.32 Å². The number of carboxylic acids is 1. The highest BCUT2D eigenvalue weighted by Crippen LogP contribution is 2.44. The molecule has 2 amide bonds. The maximum atomic E-state index is 12.2. The quantitative estimate of drug-likeness (QED) is 0.333. The molecule has 0 bridgehead atoms. The van der Waals surface area contributed by atoms with Crippen molar-refractivity contribution in [3.8, 4) is 11.1 Å². The summed E-state index contributed by atoms with van der Waals surface area (Å²) in [5, 5.41) is 14.5. The van der Waals surface area contributed by atoms with E-state index in [-0.39, 0.29) is 35.4 Å². The normalized spacial score (nSPS) is 11.9. The number of carboxylic acid groups (broad SMARTS) is 1. The van der Waals surface area contributed by atoms with Gasteiger partial charge in [0.15, 0.2) is 0 Å². The Balaban J connectivity index is 1.17. The Morgan fingerprint density at radius 1 is 0.914 bits per heavy atom. The van der Waals surface area contributed by atoms with E-state index in [0.717, 1.165) is 11.1 Å². The highest BCUT2D eigenvalue weighted by molar-refractivity contribution is 6.34. The lowest BCUT2D eigenvalue weighted by molar-refractivity contribution is -0.116. The number of benzene rings is 3. The fraction of sp³-hybridized carbons (Fsp3) is 0.222. The second-order valence-corrected chi connectivity index (χ2v) is 8.66. The molecule has 0 radical (unpaired) electrons. The van der Waals surface area contributed by atoms with E-state index >= 15 is 0 Å². The van der Waals surface area contributed by atoms with Crippen molar-refractivity contribution in [2.75, 3.05) is 18.5 Å². The van der Waals surface area contributed by atoms with Gasteiger partial charge >= 0.3 is 12.1 Å². The number of anilines is 1. The predicted octanol–water partition coefficient (Wildman–Crippen LogP) is 5.69. The van der Waals surface area contributed by atoms with Gasteiger partial charge in [-0.3, -0.25) is 4.79 Å². The van der Waals surface area contributed by atoms with Gasteiger partial charge < -0.3 is 20.5 Å². The van der Waals surface area contributed by atoms with Gasteiger partial charge in [-0.25, -0.2) is 9.59 Å². The number of nitrogens with one attached hydrogen (secondary N) is 2. The Morgan fingerprint density at radius 2 is 1.57 bits per heavy atom. The van der Waals surface area contributed by atoms with Gasteiger partial charge in [0.1, 0.15) is 6.61 Å². The minimum absolute atomic E-state index is 0.00762. The maximum absolute atomic E-state index is 12.2. The molecule has 8 heteroatoms. The van der Waals surface area contributed by atoms with Crippen molar-refractivity contribution in [3.63, 3.8) is 0 Å². The van der Waals surface area contributed by atoms with Crippen LogP contribution < -0.4 is 10.6 Å². The minimum Gasteiger partial charge on any atom is -0.478 e. The molecule has 1 aliphatic carbocycles. The number of carbonyl (C=O) groups excluding carboxylic acids is 2. The first-order chi connectivity index (χ1) is 16.9. The molecule has 0 atom stereocenters. The fourth-order valence-corrected chi connectivity index (χ4v) is 4.44. The summed E-state index contributed by atoms with van der Waals surface area (Å²) in [5.41, 5.74) is 5.07. The van der Waals surface area contributed by atoms with Crippen molar-refractivity contribution in [1.29, 1.82) is 0 Å². The number of halogens is 1. The van der Waals surface area contributed by atoms with Gasteiger partial charge in [0.2, 0.25) is 5.91 Å². The SMILES string of the molecule is O=C(CCCCNC(=O)OCC1c2ccccc2-c2ccccc21)Nc1ccc(C(=O)O)cc1Cl. The average molecular weight is 493 g/mol. The summed E-state index contributed by atoms with van der Waals surface area (Å²) >= 11 is 6.03. The van der Waals surface area contributed by atoms with Crippen LogP contribution in [0.5, 0.6) is 0 Å². The molecule has 4 rings (SSSR count). The van der Waals surface area contributed by atoms with E-state index < -0.39 is 12.1 Å². The summed E-state index contributed by atoms with van der Waals surface area (Å²) in [5.74, 6) is -1.32. The summed E-state index contributed by atoms with van der Waals surface area (Å²) in [4.78, 5) is 35.3. The summed E-state index contributed by atoms with van der Waals surface area (Å²) < 4.78 is 5.50. The van der Waals surface area contributed by atoms with E-state index in [0.29, 0.717) is 25.1 Å². The first-order valence-electron chi connectivity index (χ1n) is 11.4. The number of unbranched alkanes of at least 4 members (excludes halogenated alkanes) is 1. The molecule has 0 aliphatic heterocycles. The zero-order valence-corrected chi connectivity index (χ0v) is 19.7. The maximum Gasteiger partial charge on any atom is 0.407 e. The van der Waals surface area contributed by atoms with Crippen LogP contribution in [0.15, 0.2) is 66.7 Å². The number of alkyl carbamates (subject to hydrolysis) is 1. The van der Waals surface area contributed by atoms with E-state index in [9.17, 15) is 14.4 Å². The third kappa shape index (κ3) is 5.81. The molecule has 0 saturated heterocycles. The third-order valence-electron chi connectivity index (χ3n) is 5.93. The highest BCUT2D eigenvalue weighted by Gasteiger charge is 2.28. The Hall–Kier alpha value is -3.84. The first-order valence-corrected chi connectivity index (χ1v) is 11.7. The van der Waals surface area contributed by atoms with Crippen molar-refractivity contribution in [2.45, 2.75) is 25.2 Å². The van der Waals surface area contributed by atoms with Gasteiger partial charge in [0.25, 0.3) is 0 Å². The number of aromatic carboxylic acids is 1. The van der Waals surface area contributed by atoms with Crippen LogP contribution in [0.3, 0.4) is 0 Å². The molecule has 0 heterocycles. The van der Waals surface area contributed by atoms with Gasteiger partial charge in [-0.1, -0.05) is 60.1 Å². The molecule has 0 unspecified atom stereocenters. The fourth-order valence-electron chi connectivity index (χ4n) is 4.21. The zero-order chi connectivity index (χ0) is 24.8. The largest absolute Gasteiger partial charge is 0.478 e. The van der Waals surface area contributed by atoms with Crippen LogP contribution in [-0.2, 0) is 9.53 Å². The number of fused-ring (bicyclic) bond motifs is 3. The topological polar surface area (TPSA) is 105 Å². The molecule has 0 saturated carbocycles. The van der Waals surface area contributed by atoms with Gasteiger partial charge in [0.05, 0.1) is 16.3 Å². The van der Waals surface area contributed by atoms with Crippen LogP contribution in [0, 0.1) is 0 Å². The van der Waals surface area contributed by atoms with E-state index in [1.165, 1.54) is 29.3 Å². The van der Waals surface area contributed by atoms with Gasteiger partial charge in [-0.2, -0.15) is 0 Å². The molecule has 3 N–H and O–H groups in total. The summed E-state index contributed by atoms with van der Waals surface area (Å²) in [6, 6.07) is 20.4. The summed E-state index contributed by atoms with van der Waals surface area (Å²) in [6.45, 7) is 0.641. The highest BCUT2D eigenvalue weighted by atomic mass is 35.5. The summed E-state index contributed by atoms with van der Waals surface area (Å²) in [7, 11) is 0. The van der Waals surface area contributed by atoms with Crippen molar-refractivity contribution in [3.05, 3.63) is 88.4 Å². The molecule has 35 heavy (non-hydrogen) atoms.